The largest absolute Gasteiger partial charge is 0.330 e. The highest BCUT2D eigenvalue weighted by atomic mass is 16.2. The van der Waals surface area contributed by atoms with Gasteiger partial charge in [-0.25, -0.2) is 0 Å². The maximum atomic E-state index is 12.8. The van der Waals surface area contributed by atoms with Gasteiger partial charge < -0.3 is 10.6 Å². The number of carbonyl (C=O) groups is 3. The fourth-order valence-corrected chi connectivity index (χ4v) is 5.96. The first kappa shape index (κ1) is 18.8. The molecule has 3 N–H and O–H groups in total. The predicted octanol–water partition coefficient (Wildman–Crippen LogP) is 1.01. The van der Waals surface area contributed by atoms with E-state index in [1.54, 1.807) is 4.90 Å². The second-order valence-electron chi connectivity index (χ2n) is 9.22. The van der Waals surface area contributed by atoms with Crippen LogP contribution in [0.25, 0.3) is 0 Å². The van der Waals surface area contributed by atoms with Gasteiger partial charge in [-0.05, 0) is 54.3 Å². The number of amides is 3. The number of nitrogens with zero attached hydrogens (tertiary/aromatic N) is 2. The highest BCUT2D eigenvalue weighted by Gasteiger charge is 2.48. The lowest BCUT2D eigenvalue weighted by molar-refractivity contribution is -0.136. The number of benzene rings is 1. The molecule has 29 heavy (non-hydrogen) atoms. The minimum Gasteiger partial charge on any atom is -0.330 e. The summed E-state index contributed by atoms with van der Waals surface area (Å²) in [5.74, 6) is -0.0213. The van der Waals surface area contributed by atoms with Gasteiger partial charge in [0.1, 0.15) is 6.04 Å². The van der Waals surface area contributed by atoms with E-state index in [0.29, 0.717) is 29.9 Å². The monoisotopic (exact) mass is 396 g/mol. The second kappa shape index (κ2) is 6.92. The Labute approximate surface area is 170 Å². The number of nitrogens with two attached hydrogens (primary N) is 1. The van der Waals surface area contributed by atoms with E-state index in [1.807, 2.05) is 12.1 Å². The summed E-state index contributed by atoms with van der Waals surface area (Å²) in [6, 6.07) is 5.49. The van der Waals surface area contributed by atoms with Gasteiger partial charge in [-0.3, -0.25) is 24.6 Å². The summed E-state index contributed by atoms with van der Waals surface area (Å²) in [6.07, 6.45) is 4.50. The van der Waals surface area contributed by atoms with Gasteiger partial charge in [0, 0.05) is 38.2 Å². The van der Waals surface area contributed by atoms with Crippen molar-refractivity contribution < 1.29 is 14.4 Å². The van der Waals surface area contributed by atoms with Gasteiger partial charge in [0.2, 0.25) is 11.8 Å². The molecule has 0 bridgehead atoms. The summed E-state index contributed by atoms with van der Waals surface area (Å²) >= 11 is 0. The highest BCUT2D eigenvalue weighted by molar-refractivity contribution is 6.05. The molecule has 1 aromatic rings. The summed E-state index contributed by atoms with van der Waals surface area (Å²) in [5, 5.41) is 2.35. The molecule has 3 fully saturated rings. The highest BCUT2D eigenvalue weighted by Crippen LogP contribution is 2.48. The maximum absolute atomic E-state index is 12.8. The van der Waals surface area contributed by atoms with E-state index in [1.165, 1.54) is 24.8 Å². The average molecular weight is 396 g/mol. The van der Waals surface area contributed by atoms with Crippen LogP contribution in [0.5, 0.6) is 0 Å². The van der Waals surface area contributed by atoms with Crippen molar-refractivity contribution in [2.24, 2.45) is 17.1 Å². The molecule has 7 heteroatoms. The summed E-state index contributed by atoms with van der Waals surface area (Å²) < 4.78 is 0. The Morgan fingerprint density at radius 1 is 1.21 bits per heavy atom. The minimum absolute atomic E-state index is 0.112. The van der Waals surface area contributed by atoms with Crippen molar-refractivity contribution in [3.8, 4) is 0 Å². The first-order chi connectivity index (χ1) is 14.0. The summed E-state index contributed by atoms with van der Waals surface area (Å²) in [4.78, 5) is 40.6. The van der Waals surface area contributed by atoms with Crippen LogP contribution in [0.2, 0.25) is 0 Å². The Bertz CT molecular complexity index is 885. The van der Waals surface area contributed by atoms with E-state index in [9.17, 15) is 14.4 Å². The molecule has 1 aliphatic carbocycles. The number of hydrogen-bond donors (Lipinski definition) is 2. The Hall–Kier alpha value is -2.25. The third kappa shape index (κ3) is 3.07. The minimum atomic E-state index is -0.557. The first-order valence-corrected chi connectivity index (χ1v) is 10.7. The van der Waals surface area contributed by atoms with Crippen molar-refractivity contribution in [3.63, 3.8) is 0 Å². The Morgan fingerprint density at radius 3 is 2.83 bits per heavy atom. The molecule has 5 rings (SSSR count). The van der Waals surface area contributed by atoms with Crippen LogP contribution in [0.3, 0.4) is 0 Å². The zero-order chi connectivity index (χ0) is 20.2. The Balaban J connectivity index is 1.29. The van der Waals surface area contributed by atoms with E-state index < -0.39 is 6.04 Å². The van der Waals surface area contributed by atoms with E-state index >= 15 is 0 Å². The lowest BCUT2D eigenvalue weighted by atomic mass is 9.81. The summed E-state index contributed by atoms with van der Waals surface area (Å²) in [7, 11) is 0. The lowest BCUT2D eigenvalue weighted by Crippen LogP contribution is -2.52. The fourth-order valence-electron chi connectivity index (χ4n) is 5.96. The Kier molecular flexibility index (Phi) is 4.47. The van der Waals surface area contributed by atoms with Crippen LogP contribution in [-0.2, 0) is 22.7 Å². The molecule has 1 saturated carbocycles. The third-order valence-corrected chi connectivity index (χ3v) is 7.51. The molecule has 3 atom stereocenters. The maximum Gasteiger partial charge on any atom is 0.255 e. The molecule has 7 nitrogen and oxygen atoms in total. The Morgan fingerprint density at radius 2 is 2.07 bits per heavy atom. The number of likely N-dealkylation sites (tertiary alicyclic amines) is 1. The normalized spacial score (nSPS) is 31.9. The van der Waals surface area contributed by atoms with Crippen molar-refractivity contribution in [1.29, 1.82) is 0 Å². The van der Waals surface area contributed by atoms with Crippen molar-refractivity contribution in [1.82, 2.24) is 15.1 Å². The van der Waals surface area contributed by atoms with Crippen LogP contribution >= 0.6 is 0 Å². The molecule has 154 valence electrons. The van der Waals surface area contributed by atoms with Crippen LogP contribution < -0.4 is 11.1 Å². The molecule has 4 aliphatic rings. The number of nitrogens with one attached hydrogen (secondary N) is 1. The molecule has 3 aliphatic heterocycles. The van der Waals surface area contributed by atoms with E-state index in [-0.39, 0.29) is 24.1 Å². The molecule has 3 amide bonds. The smallest absolute Gasteiger partial charge is 0.255 e. The molecule has 1 unspecified atom stereocenters. The molecule has 0 aromatic heterocycles. The number of rotatable bonds is 4. The first-order valence-electron chi connectivity index (χ1n) is 10.7. The second-order valence-corrected chi connectivity index (χ2v) is 9.22. The van der Waals surface area contributed by atoms with Gasteiger partial charge in [0.05, 0.1) is 0 Å². The fraction of sp³-hybridized carbons (Fsp3) is 0.591. The number of piperidine rings is 1. The zero-order valence-corrected chi connectivity index (χ0v) is 16.7. The lowest BCUT2D eigenvalue weighted by Gasteiger charge is -2.29. The van der Waals surface area contributed by atoms with Crippen molar-refractivity contribution >= 4 is 17.7 Å². The molecular formula is C22H28N4O3. The van der Waals surface area contributed by atoms with Crippen molar-refractivity contribution in [2.45, 2.75) is 51.2 Å². The SMILES string of the molecule is NC[C@]12CCC[C@H]1CN(Cc1ccc3c(c1)CN(C1CCC(=O)NC1=O)C3=O)C2. The summed E-state index contributed by atoms with van der Waals surface area (Å²) in [6.45, 7) is 4.25. The third-order valence-electron chi connectivity index (χ3n) is 7.51. The predicted molar refractivity (Wildman–Crippen MR) is 107 cm³/mol. The summed E-state index contributed by atoms with van der Waals surface area (Å²) in [5.41, 5.74) is 9.29. The molecule has 2 saturated heterocycles. The van der Waals surface area contributed by atoms with Gasteiger partial charge in [0.15, 0.2) is 0 Å². The standard InChI is InChI=1S/C22H28N4O3/c23-12-22-7-1-2-16(22)11-25(13-22)9-14-3-4-17-15(8-14)10-26(21(17)29)18-5-6-19(27)24-20(18)28/h3-4,8,16,18H,1-2,5-7,9-13,23H2,(H,24,27,28)/t16-,18?,22-/m0/s1. The van der Waals surface area contributed by atoms with Crippen LogP contribution in [0, 0.1) is 11.3 Å². The topological polar surface area (TPSA) is 95.7 Å². The number of carbonyl (C=O) groups excluding carboxylic acids is 3. The van der Waals surface area contributed by atoms with Gasteiger partial charge in [-0.2, -0.15) is 0 Å². The number of imide groups is 1. The quantitative estimate of drug-likeness (QED) is 0.741. The number of hydrogen-bond acceptors (Lipinski definition) is 5. The van der Waals surface area contributed by atoms with Crippen LogP contribution in [0.15, 0.2) is 18.2 Å². The van der Waals surface area contributed by atoms with E-state index in [2.05, 4.69) is 16.3 Å². The van der Waals surface area contributed by atoms with Crippen molar-refractivity contribution in [2.75, 3.05) is 19.6 Å². The molecule has 1 aromatic carbocycles. The zero-order valence-electron chi connectivity index (χ0n) is 16.7. The van der Waals surface area contributed by atoms with Crippen molar-refractivity contribution in [3.05, 3.63) is 34.9 Å². The van der Waals surface area contributed by atoms with E-state index in [0.717, 1.165) is 31.7 Å². The number of fused-ring (bicyclic) bond motifs is 2. The molecule has 3 heterocycles. The van der Waals surface area contributed by atoms with Gasteiger partial charge in [0.25, 0.3) is 5.91 Å². The molecule has 0 radical (unpaired) electrons. The van der Waals surface area contributed by atoms with Crippen LogP contribution in [0.4, 0.5) is 0 Å². The van der Waals surface area contributed by atoms with Gasteiger partial charge in [-0.15, -0.1) is 0 Å². The van der Waals surface area contributed by atoms with Crippen LogP contribution in [0.1, 0.15) is 53.6 Å². The van der Waals surface area contributed by atoms with Gasteiger partial charge >= 0.3 is 0 Å². The van der Waals surface area contributed by atoms with Crippen LogP contribution in [-0.4, -0.2) is 53.2 Å². The van der Waals surface area contributed by atoms with E-state index in [4.69, 9.17) is 5.73 Å². The molecular weight excluding hydrogens is 368 g/mol. The average Bonchev–Trinajstić information content (AvgIpc) is 3.33. The van der Waals surface area contributed by atoms with Gasteiger partial charge in [-0.1, -0.05) is 18.6 Å². The molecule has 0 spiro atoms.